The molecule has 0 aliphatic heterocycles. The molecule has 0 atom stereocenters. The fourth-order valence-corrected chi connectivity index (χ4v) is 4.52. The summed E-state index contributed by atoms with van der Waals surface area (Å²) in [6.07, 6.45) is 0. The highest BCUT2D eigenvalue weighted by Gasteiger charge is 2.18. The second kappa shape index (κ2) is 8.73. The Labute approximate surface area is 198 Å². The van der Waals surface area contributed by atoms with Gasteiger partial charge in [-0.05, 0) is 49.4 Å². The SMILES string of the molecule is Cc1ccc(-n2c(=O)c3ccccc3n3c(SCC(=O)Nc4cccc(Cl)c4)nnc23)cc1. The topological polar surface area (TPSA) is 81.3 Å². The number of fused-ring (bicyclic) bond motifs is 3. The second-order valence-electron chi connectivity index (χ2n) is 7.46. The summed E-state index contributed by atoms with van der Waals surface area (Å²) in [5.74, 6) is 0.307. The van der Waals surface area contributed by atoms with Crippen LogP contribution in [0.15, 0.2) is 82.7 Å². The van der Waals surface area contributed by atoms with Crippen LogP contribution in [0.1, 0.15) is 5.56 Å². The number of carbonyl (C=O) groups is 1. The van der Waals surface area contributed by atoms with Crippen LogP contribution in [0.5, 0.6) is 0 Å². The first kappa shape index (κ1) is 21.2. The van der Waals surface area contributed by atoms with E-state index < -0.39 is 0 Å². The Hall–Kier alpha value is -3.62. The van der Waals surface area contributed by atoms with E-state index in [1.54, 1.807) is 34.9 Å². The van der Waals surface area contributed by atoms with Gasteiger partial charge in [-0.2, -0.15) is 0 Å². The third kappa shape index (κ3) is 4.10. The van der Waals surface area contributed by atoms with Crippen LogP contribution in [0.4, 0.5) is 5.69 Å². The highest BCUT2D eigenvalue weighted by molar-refractivity contribution is 7.99. The van der Waals surface area contributed by atoms with Crippen LogP contribution in [0.3, 0.4) is 0 Å². The number of rotatable bonds is 5. The van der Waals surface area contributed by atoms with Gasteiger partial charge in [0.1, 0.15) is 0 Å². The number of thioether (sulfide) groups is 1. The number of benzene rings is 3. The number of para-hydroxylation sites is 1. The Bertz CT molecular complexity index is 1560. The summed E-state index contributed by atoms with van der Waals surface area (Å²) in [7, 11) is 0. The monoisotopic (exact) mass is 475 g/mol. The van der Waals surface area contributed by atoms with Crippen LogP contribution >= 0.6 is 23.4 Å². The Morgan fingerprint density at radius 2 is 1.82 bits per heavy atom. The molecule has 0 fully saturated rings. The number of hydrogen-bond donors (Lipinski definition) is 1. The largest absolute Gasteiger partial charge is 0.325 e. The number of nitrogens with zero attached hydrogens (tertiary/aromatic N) is 4. The van der Waals surface area contributed by atoms with Gasteiger partial charge in [0, 0.05) is 10.7 Å². The van der Waals surface area contributed by atoms with Gasteiger partial charge in [0.05, 0.1) is 22.3 Å². The maximum absolute atomic E-state index is 13.3. The van der Waals surface area contributed by atoms with Crippen molar-refractivity contribution >= 4 is 51.6 Å². The fourth-order valence-electron chi connectivity index (χ4n) is 3.59. The Balaban J connectivity index is 1.55. The van der Waals surface area contributed by atoms with Crippen molar-refractivity contribution in [3.63, 3.8) is 0 Å². The van der Waals surface area contributed by atoms with Gasteiger partial charge in [-0.25, -0.2) is 4.57 Å². The van der Waals surface area contributed by atoms with E-state index in [1.165, 1.54) is 11.8 Å². The van der Waals surface area contributed by atoms with E-state index in [2.05, 4.69) is 15.5 Å². The Morgan fingerprint density at radius 3 is 2.61 bits per heavy atom. The summed E-state index contributed by atoms with van der Waals surface area (Å²) < 4.78 is 3.36. The summed E-state index contributed by atoms with van der Waals surface area (Å²) >= 11 is 7.23. The number of halogens is 1. The first-order valence-electron chi connectivity index (χ1n) is 10.2. The molecule has 0 unspecified atom stereocenters. The minimum Gasteiger partial charge on any atom is -0.325 e. The van der Waals surface area contributed by atoms with Crippen LogP contribution in [0.25, 0.3) is 22.4 Å². The Morgan fingerprint density at radius 1 is 1.03 bits per heavy atom. The molecule has 1 amide bonds. The molecule has 3 aromatic carbocycles. The van der Waals surface area contributed by atoms with E-state index in [0.717, 1.165) is 5.56 Å². The highest BCUT2D eigenvalue weighted by atomic mass is 35.5. The van der Waals surface area contributed by atoms with Crippen LogP contribution < -0.4 is 10.9 Å². The van der Waals surface area contributed by atoms with Gasteiger partial charge < -0.3 is 5.32 Å². The lowest BCUT2D eigenvalue weighted by molar-refractivity contribution is -0.113. The van der Waals surface area contributed by atoms with Gasteiger partial charge in [0.25, 0.3) is 5.56 Å². The number of anilines is 1. The van der Waals surface area contributed by atoms with Crippen molar-refractivity contribution < 1.29 is 4.79 Å². The van der Waals surface area contributed by atoms with Crippen molar-refractivity contribution in [2.24, 2.45) is 0 Å². The molecule has 7 nitrogen and oxygen atoms in total. The molecule has 2 heterocycles. The predicted octanol–water partition coefficient (Wildman–Crippen LogP) is 4.73. The van der Waals surface area contributed by atoms with Crippen molar-refractivity contribution in [3.05, 3.63) is 93.7 Å². The number of hydrogen-bond acceptors (Lipinski definition) is 5. The molecule has 164 valence electrons. The van der Waals surface area contributed by atoms with Crippen molar-refractivity contribution in [1.82, 2.24) is 19.2 Å². The lowest BCUT2D eigenvalue weighted by Gasteiger charge is -2.11. The highest BCUT2D eigenvalue weighted by Crippen LogP contribution is 2.24. The molecular weight excluding hydrogens is 458 g/mol. The molecule has 1 N–H and O–H groups in total. The van der Waals surface area contributed by atoms with Gasteiger partial charge in [0.15, 0.2) is 5.16 Å². The van der Waals surface area contributed by atoms with Gasteiger partial charge in [-0.15, -0.1) is 10.2 Å². The van der Waals surface area contributed by atoms with Crippen LogP contribution in [0, 0.1) is 6.92 Å². The standard InChI is InChI=1S/C24H18ClN5O2S/c1-15-9-11-18(12-10-15)29-22(32)19-7-2-3-8-20(19)30-23(29)27-28-24(30)33-14-21(31)26-17-6-4-5-16(25)13-17/h2-13H,14H2,1H3,(H,26,31). The number of aromatic nitrogens is 4. The maximum Gasteiger partial charge on any atom is 0.267 e. The molecule has 0 saturated carbocycles. The number of carbonyl (C=O) groups excluding carboxylic acids is 1. The Kier molecular flexibility index (Phi) is 5.62. The molecule has 0 aliphatic rings. The van der Waals surface area contributed by atoms with Gasteiger partial charge in [-0.1, -0.05) is 59.3 Å². The van der Waals surface area contributed by atoms with E-state index >= 15 is 0 Å². The van der Waals surface area contributed by atoms with Crippen LogP contribution in [-0.4, -0.2) is 30.8 Å². The molecule has 0 bridgehead atoms. The third-order valence-corrected chi connectivity index (χ3v) is 6.29. The lowest BCUT2D eigenvalue weighted by Crippen LogP contribution is -2.22. The van der Waals surface area contributed by atoms with Gasteiger partial charge in [0.2, 0.25) is 11.7 Å². The molecule has 0 saturated heterocycles. The van der Waals surface area contributed by atoms with Gasteiger partial charge >= 0.3 is 0 Å². The summed E-state index contributed by atoms with van der Waals surface area (Å²) in [5.41, 5.74) is 2.92. The van der Waals surface area contributed by atoms with Crippen LogP contribution in [0.2, 0.25) is 5.02 Å². The molecule has 0 spiro atoms. The zero-order valence-corrected chi connectivity index (χ0v) is 19.1. The average molecular weight is 476 g/mol. The van der Waals surface area contributed by atoms with Crippen molar-refractivity contribution in [1.29, 1.82) is 0 Å². The van der Waals surface area contributed by atoms with Crippen LogP contribution in [-0.2, 0) is 4.79 Å². The molecule has 0 aliphatic carbocycles. The zero-order valence-electron chi connectivity index (χ0n) is 17.5. The summed E-state index contributed by atoms with van der Waals surface area (Å²) in [6.45, 7) is 1.99. The predicted molar refractivity (Wildman–Crippen MR) is 132 cm³/mol. The summed E-state index contributed by atoms with van der Waals surface area (Å²) in [4.78, 5) is 25.8. The smallest absolute Gasteiger partial charge is 0.267 e. The summed E-state index contributed by atoms with van der Waals surface area (Å²) in [5, 5.41) is 13.0. The maximum atomic E-state index is 13.3. The van der Waals surface area contributed by atoms with Crippen molar-refractivity contribution in [3.8, 4) is 5.69 Å². The van der Waals surface area contributed by atoms with Crippen molar-refractivity contribution in [2.75, 3.05) is 11.1 Å². The number of nitrogens with one attached hydrogen (secondary N) is 1. The van der Waals surface area contributed by atoms with E-state index in [4.69, 9.17) is 11.6 Å². The minimum atomic E-state index is -0.199. The molecule has 9 heteroatoms. The molecule has 0 radical (unpaired) electrons. The summed E-state index contributed by atoms with van der Waals surface area (Å²) in [6, 6.07) is 21.9. The van der Waals surface area contributed by atoms with E-state index in [-0.39, 0.29) is 17.2 Å². The second-order valence-corrected chi connectivity index (χ2v) is 8.84. The third-order valence-electron chi connectivity index (χ3n) is 5.13. The minimum absolute atomic E-state index is 0.116. The first-order valence-corrected chi connectivity index (χ1v) is 11.5. The number of aryl methyl sites for hydroxylation is 1. The average Bonchev–Trinajstić information content (AvgIpc) is 3.23. The fraction of sp³-hybridized carbons (Fsp3) is 0.0833. The molecule has 2 aromatic heterocycles. The van der Waals surface area contributed by atoms with Crippen molar-refractivity contribution in [2.45, 2.75) is 12.1 Å². The van der Waals surface area contributed by atoms with E-state index in [9.17, 15) is 9.59 Å². The lowest BCUT2D eigenvalue weighted by atomic mass is 10.2. The number of amides is 1. The first-order chi connectivity index (χ1) is 16.0. The van der Waals surface area contributed by atoms with E-state index in [0.29, 0.717) is 38.2 Å². The zero-order chi connectivity index (χ0) is 22.9. The van der Waals surface area contributed by atoms with Gasteiger partial charge in [-0.3, -0.25) is 14.0 Å². The normalized spacial score (nSPS) is 11.2. The molecular formula is C24H18ClN5O2S. The molecule has 5 rings (SSSR count). The quantitative estimate of drug-likeness (QED) is 0.372. The molecule has 5 aromatic rings. The molecule has 33 heavy (non-hydrogen) atoms. The van der Waals surface area contributed by atoms with E-state index in [1.807, 2.05) is 53.8 Å².